The molecule has 2 nitrogen and oxygen atoms in total. The first kappa shape index (κ1) is 14.7. The number of methoxy groups -OCH3 is 2. The number of benzene rings is 1. The predicted octanol–water partition coefficient (Wildman–Crippen LogP) is 5.16. The molecule has 0 radical (unpaired) electrons. The van der Waals surface area contributed by atoms with Gasteiger partial charge in [0.1, 0.15) is 11.5 Å². The summed E-state index contributed by atoms with van der Waals surface area (Å²) in [6.07, 6.45) is 0. The third-order valence-electron chi connectivity index (χ3n) is 2.91. The average Bonchev–Trinajstić information content (AvgIpc) is 2.76. The molecule has 1 aromatic heterocycles. The number of hydrogen-bond donors (Lipinski definition) is 0. The van der Waals surface area contributed by atoms with Crippen molar-refractivity contribution >= 4 is 38.9 Å². The molecule has 0 amide bonds. The van der Waals surface area contributed by atoms with Crippen LogP contribution >= 0.6 is 38.9 Å². The average molecular weight is 362 g/mol. The number of ether oxygens (including phenoxy) is 2. The third-order valence-corrected chi connectivity index (χ3v) is 4.95. The fraction of sp³-hybridized carbons (Fsp3) is 0.286. The Morgan fingerprint density at radius 3 is 2.42 bits per heavy atom. The molecule has 2 aromatic rings. The van der Waals surface area contributed by atoms with E-state index in [2.05, 4.69) is 28.9 Å². The third kappa shape index (κ3) is 3.07. The Morgan fingerprint density at radius 2 is 1.89 bits per heavy atom. The SMILES string of the molecule is COc1ccc(C(Cl)c2cc(Br)sc2C)c(OC)c1. The molecule has 1 heterocycles. The second-order valence-corrected chi connectivity index (χ2v) is 7.10. The fourth-order valence-electron chi connectivity index (χ4n) is 1.91. The molecule has 102 valence electrons. The quantitative estimate of drug-likeness (QED) is 0.700. The molecule has 0 bridgehead atoms. The smallest absolute Gasteiger partial charge is 0.127 e. The van der Waals surface area contributed by atoms with Gasteiger partial charge in [-0.15, -0.1) is 22.9 Å². The lowest BCUT2D eigenvalue weighted by Gasteiger charge is -2.15. The normalized spacial score (nSPS) is 12.3. The van der Waals surface area contributed by atoms with Crippen LogP contribution in [0.15, 0.2) is 28.1 Å². The molecular weight excluding hydrogens is 348 g/mol. The van der Waals surface area contributed by atoms with Crippen LogP contribution in [0, 0.1) is 6.92 Å². The molecule has 0 aliphatic rings. The molecule has 1 aromatic carbocycles. The standard InChI is InChI=1S/C14H14BrClO2S/c1-8-11(7-13(15)19-8)14(16)10-5-4-9(17-2)6-12(10)18-3/h4-7,14H,1-3H3. The van der Waals surface area contributed by atoms with E-state index in [1.165, 1.54) is 4.88 Å². The summed E-state index contributed by atoms with van der Waals surface area (Å²) in [6.45, 7) is 2.07. The molecule has 0 spiro atoms. The van der Waals surface area contributed by atoms with E-state index < -0.39 is 0 Å². The van der Waals surface area contributed by atoms with E-state index >= 15 is 0 Å². The highest BCUT2D eigenvalue weighted by Crippen LogP contribution is 2.41. The Hall–Kier alpha value is -0.710. The Morgan fingerprint density at radius 1 is 1.16 bits per heavy atom. The van der Waals surface area contributed by atoms with Gasteiger partial charge in [-0.1, -0.05) is 0 Å². The largest absolute Gasteiger partial charge is 0.497 e. The van der Waals surface area contributed by atoms with E-state index in [4.69, 9.17) is 21.1 Å². The maximum absolute atomic E-state index is 6.59. The molecule has 0 aliphatic heterocycles. The molecule has 2 rings (SSSR count). The molecule has 5 heteroatoms. The molecule has 1 atom stereocenters. The van der Waals surface area contributed by atoms with E-state index in [1.807, 2.05) is 18.2 Å². The van der Waals surface area contributed by atoms with Crippen molar-refractivity contribution in [2.45, 2.75) is 12.3 Å². The lowest BCUT2D eigenvalue weighted by molar-refractivity contribution is 0.391. The molecule has 19 heavy (non-hydrogen) atoms. The summed E-state index contributed by atoms with van der Waals surface area (Å²) in [4.78, 5) is 1.20. The minimum absolute atomic E-state index is 0.233. The van der Waals surface area contributed by atoms with Gasteiger partial charge >= 0.3 is 0 Å². The summed E-state index contributed by atoms with van der Waals surface area (Å²) in [7, 11) is 3.27. The van der Waals surface area contributed by atoms with Crippen LogP contribution < -0.4 is 9.47 Å². The zero-order valence-electron chi connectivity index (χ0n) is 10.9. The number of alkyl halides is 1. The monoisotopic (exact) mass is 360 g/mol. The van der Waals surface area contributed by atoms with Gasteiger partial charge in [0.25, 0.3) is 0 Å². The molecule has 0 fully saturated rings. The van der Waals surface area contributed by atoms with Crippen LogP contribution in [0.1, 0.15) is 21.4 Å². The van der Waals surface area contributed by atoms with Crippen LogP contribution in [0.3, 0.4) is 0 Å². The van der Waals surface area contributed by atoms with Crippen molar-refractivity contribution in [2.24, 2.45) is 0 Å². The molecule has 0 saturated carbocycles. The van der Waals surface area contributed by atoms with Crippen LogP contribution in [0.4, 0.5) is 0 Å². The summed E-state index contributed by atoms with van der Waals surface area (Å²) in [5.41, 5.74) is 2.04. The lowest BCUT2D eigenvalue weighted by atomic mass is 10.0. The number of aryl methyl sites for hydroxylation is 1. The minimum Gasteiger partial charge on any atom is -0.497 e. The molecule has 0 saturated heterocycles. The van der Waals surface area contributed by atoms with Crippen molar-refractivity contribution in [3.63, 3.8) is 0 Å². The van der Waals surface area contributed by atoms with Crippen molar-refractivity contribution in [1.82, 2.24) is 0 Å². The van der Waals surface area contributed by atoms with E-state index in [9.17, 15) is 0 Å². The zero-order chi connectivity index (χ0) is 14.0. The van der Waals surface area contributed by atoms with Crippen molar-refractivity contribution in [3.05, 3.63) is 44.1 Å². The molecule has 1 unspecified atom stereocenters. The Bertz CT molecular complexity index is 583. The number of rotatable bonds is 4. The number of thiophene rings is 1. The molecule has 0 aliphatic carbocycles. The van der Waals surface area contributed by atoms with Gasteiger partial charge in [-0.25, -0.2) is 0 Å². The number of hydrogen-bond acceptors (Lipinski definition) is 3. The zero-order valence-corrected chi connectivity index (χ0v) is 14.0. The van der Waals surface area contributed by atoms with Crippen LogP contribution in [-0.4, -0.2) is 14.2 Å². The van der Waals surface area contributed by atoms with Crippen LogP contribution in [0.25, 0.3) is 0 Å². The van der Waals surface area contributed by atoms with Gasteiger partial charge in [0.15, 0.2) is 0 Å². The Balaban J connectivity index is 2.43. The Kier molecular flexibility index (Phi) is 4.76. The van der Waals surface area contributed by atoms with Crippen molar-refractivity contribution in [2.75, 3.05) is 14.2 Å². The van der Waals surface area contributed by atoms with Gasteiger partial charge in [0.05, 0.1) is 23.4 Å². The summed E-state index contributed by atoms with van der Waals surface area (Å²) < 4.78 is 11.7. The highest BCUT2D eigenvalue weighted by Gasteiger charge is 2.19. The second-order valence-electron chi connectivity index (χ2n) is 4.03. The van der Waals surface area contributed by atoms with E-state index in [0.29, 0.717) is 0 Å². The summed E-state index contributed by atoms with van der Waals surface area (Å²) in [5.74, 6) is 1.49. The van der Waals surface area contributed by atoms with Crippen molar-refractivity contribution in [1.29, 1.82) is 0 Å². The summed E-state index contributed by atoms with van der Waals surface area (Å²) >= 11 is 11.8. The van der Waals surface area contributed by atoms with Crippen LogP contribution in [0.5, 0.6) is 11.5 Å². The topological polar surface area (TPSA) is 18.5 Å². The Labute approximate surface area is 130 Å². The van der Waals surface area contributed by atoms with E-state index in [-0.39, 0.29) is 5.38 Å². The predicted molar refractivity (Wildman–Crippen MR) is 84.0 cm³/mol. The van der Waals surface area contributed by atoms with Gasteiger partial charge < -0.3 is 9.47 Å². The van der Waals surface area contributed by atoms with Crippen LogP contribution in [0.2, 0.25) is 0 Å². The fourth-order valence-corrected chi connectivity index (χ4v) is 4.13. The van der Waals surface area contributed by atoms with Gasteiger partial charge in [-0.3, -0.25) is 0 Å². The first-order valence-electron chi connectivity index (χ1n) is 5.68. The highest BCUT2D eigenvalue weighted by molar-refractivity contribution is 9.11. The minimum atomic E-state index is -0.233. The van der Waals surface area contributed by atoms with Crippen molar-refractivity contribution < 1.29 is 9.47 Å². The van der Waals surface area contributed by atoms with Gasteiger partial charge in [0.2, 0.25) is 0 Å². The summed E-state index contributed by atoms with van der Waals surface area (Å²) in [6, 6.07) is 7.74. The van der Waals surface area contributed by atoms with Crippen LogP contribution in [-0.2, 0) is 0 Å². The van der Waals surface area contributed by atoms with Crippen molar-refractivity contribution in [3.8, 4) is 11.5 Å². The first-order chi connectivity index (χ1) is 9.06. The van der Waals surface area contributed by atoms with Gasteiger partial charge in [0, 0.05) is 16.5 Å². The van der Waals surface area contributed by atoms with E-state index in [1.54, 1.807) is 25.6 Å². The lowest BCUT2D eigenvalue weighted by Crippen LogP contribution is -1.98. The maximum atomic E-state index is 6.59. The highest BCUT2D eigenvalue weighted by atomic mass is 79.9. The van der Waals surface area contributed by atoms with Gasteiger partial charge in [-0.05, 0) is 46.6 Å². The molecule has 0 N–H and O–H groups in total. The molecular formula is C14H14BrClO2S. The maximum Gasteiger partial charge on any atom is 0.127 e. The van der Waals surface area contributed by atoms with E-state index in [0.717, 1.165) is 26.4 Å². The number of halogens is 2. The summed E-state index contributed by atoms with van der Waals surface area (Å²) in [5, 5.41) is -0.233. The first-order valence-corrected chi connectivity index (χ1v) is 7.73. The second kappa shape index (κ2) is 6.16. The van der Waals surface area contributed by atoms with Gasteiger partial charge in [-0.2, -0.15) is 0 Å².